The molecule has 7 nitrogen and oxygen atoms in total. The van der Waals surface area contributed by atoms with Gasteiger partial charge in [-0.2, -0.15) is 4.80 Å². The second-order valence-electron chi connectivity index (χ2n) is 5.99. The fourth-order valence-corrected chi connectivity index (χ4v) is 2.55. The van der Waals surface area contributed by atoms with Crippen LogP contribution in [0.2, 0.25) is 0 Å². The molecule has 1 N–H and O–H groups in total. The number of carbonyl (C=O) groups excluding carboxylic acids is 2. The molecule has 27 heavy (non-hydrogen) atoms. The smallest absolute Gasteiger partial charge is 0.221 e. The number of Topliss-reactive ketones (excluding diaryl/α,β-unsaturated/α-hetero) is 1. The van der Waals surface area contributed by atoms with E-state index in [0.717, 1.165) is 22.8 Å². The van der Waals surface area contributed by atoms with Crippen LogP contribution in [-0.2, 0) is 17.8 Å². The number of hydrogen-bond acceptors (Lipinski definition) is 5. The molecule has 0 aliphatic heterocycles. The highest BCUT2D eigenvalue weighted by Gasteiger charge is 2.15. The van der Waals surface area contributed by atoms with Crippen LogP contribution in [0.25, 0.3) is 11.4 Å². The average Bonchev–Trinajstić information content (AvgIpc) is 3.09. The molecule has 0 saturated carbocycles. The second-order valence-corrected chi connectivity index (χ2v) is 5.99. The van der Waals surface area contributed by atoms with Gasteiger partial charge in [0.05, 0.1) is 5.56 Å². The monoisotopic (exact) mass is 367 g/mol. The molecule has 3 aromatic rings. The molecule has 0 spiro atoms. The van der Waals surface area contributed by atoms with Gasteiger partial charge >= 0.3 is 0 Å². The first-order valence-corrected chi connectivity index (χ1v) is 8.43. The number of halogens is 1. The number of nitrogens with one attached hydrogen (secondary N) is 1. The molecule has 0 radical (unpaired) electrons. The summed E-state index contributed by atoms with van der Waals surface area (Å²) in [6.45, 7) is 3.15. The zero-order chi connectivity index (χ0) is 19.4. The van der Waals surface area contributed by atoms with Crippen molar-refractivity contribution < 1.29 is 14.0 Å². The molecule has 0 unspecified atom stereocenters. The lowest BCUT2D eigenvalue weighted by Gasteiger charge is -2.05. The number of hydrogen-bond donors (Lipinski definition) is 1. The number of tetrazole rings is 1. The van der Waals surface area contributed by atoms with Crippen LogP contribution < -0.4 is 5.32 Å². The lowest BCUT2D eigenvalue weighted by molar-refractivity contribution is -0.114. The number of nitrogens with zero attached hydrogens (tertiary/aromatic N) is 4. The van der Waals surface area contributed by atoms with Crippen LogP contribution in [0.3, 0.4) is 0 Å². The van der Waals surface area contributed by atoms with Gasteiger partial charge in [0.15, 0.2) is 5.78 Å². The Balaban J connectivity index is 1.73. The third-order valence-corrected chi connectivity index (χ3v) is 3.95. The Hall–Kier alpha value is -3.42. The molecule has 0 aliphatic rings. The van der Waals surface area contributed by atoms with Crippen molar-refractivity contribution in [3.05, 3.63) is 59.4 Å². The fourth-order valence-electron chi connectivity index (χ4n) is 2.55. The van der Waals surface area contributed by atoms with Crippen LogP contribution >= 0.6 is 0 Å². The van der Waals surface area contributed by atoms with E-state index in [9.17, 15) is 14.0 Å². The first kappa shape index (κ1) is 18.4. The van der Waals surface area contributed by atoms with E-state index in [2.05, 4.69) is 27.7 Å². The molecule has 0 fully saturated rings. The number of rotatable bonds is 6. The molecule has 1 aromatic heterocycles. The molecule has 8 heteroatoms. The van der Waals surface area contributed by atoms with Crippen LogP contribution in [0.1, 0.15) is 29.8 Å². The summed E-state index contributed by atoms with van der Waals surface area (Å²) in [6.07, 6.45) is 0.932. The Morgan fingerprint density at radius 3 is 2.52 bits per heavy atom. The predicted molar refractivity (Wildman–Crippen MR) is 97.7 cm³/mol. The van der Waals surface area contributed by atoms with Gasteiger partial charge in [0, 0.05) is 18.2 Å². The van der Waals surface area contributed by atoms with E-state index in [1.807, 2.05) is 24.3 Å². The zero-order valence-corrected chi connectivity index (χ0v) is 14.9. The minimum Gasteiger partial charge on any atom is -0.326 e. The number of aromatic nitrogens is 4. The topological polar surface area (TPSA) is 89.8 Å². The molecule has 0 atom stereocenters. The molecule has 2 aromatic carbocycles. The largest absolute Gasteiger partial charge is 0.326 e. The highest BCUT2D eigenvalue weighted by Crippen LogP contribution is 2.17. The summed E-state index contributed by atoms with van der Waals surface area (Å²) >= 11 is 0. The number of carbonyl (C=O) groups is 2. The van der Waals surface area contributed by atoms with Gasteiger partial charge in [-0.05, 0) is 35.4 Å². The van der Waals surface area contributed by atoms with Crippen LogP contribution in [-0.4, -0.2) is 31.9 Å². The van der Waals surface area contributed by atoms with Crippen LogP contribution in [0.15, 0.2) is 42.5 Å². The molecule has 3 rings (SSSR count). The third-order valence-electron chi connectivity index (χ3n) is 3.95. The molecule has 0 saturated heterocycles. The molecular weight excluding hydrogens is 349 g/mol. The Morgan fingerprint density at radius 2 is 1.89 bits per heavy atom. The Morgan fingerprint density at radius 1 is 1.15 bits per heavy atom. The number of amides is 1. The lowest BCUT2D eigenvalue weighted by atomic mass is 10.1. The summed E-state index contributed by atoms with van der Waals surface area (Å²) in [4.78, 5) is 24.5. The summed E-state index contributed by atoms with van der Waals surface area (Å²) in [5.74, 6) is -1.14. The van der Waals surface area contributed by atoms with Crippen molar-refractivity contribution in [1.82, 2.24) is 20.2 Å². The van der Waals surface area contributed by atoms with E-state index in [0.29, 0.717) is 5.82 Å². The summed E-state index contributed by atoms with van der Waals surface area (Å²) in [5, 5.41) is 14.5. The summed E-state index contributed by atoms with van der Waals surface area (Å²) in [5.41, 5.74) is 2.17. The van der Waals surface area contributed by atoms with Crippen molar-refractivity contribution in [3.63, 3.8) is 0 Å². The van der Waals surface area contributed by atoms with Crippen LogP contribution in [0, 0.1) is 5.82 Å². The number of ketones is 1. The SMILES string of the molecule is CCc1ccc(-c2nnn(CC(=O)c3ccc(NC(C)=O)cc3F)n2)cc1. The number of benzene rings is 2. The molecule has 1 heterocycles. The van der Waals surface area contributed by atoms with Gasteiger partial charge in [-0.3, -0.25) is 9.59 Å². The van der Waals surface area contributed by atoms with Gasteiger partial charge in [-0.25, -0.2) is 4.39 Å². The number of aryl methyl sites for hydroxylation is 1. The van der Waals surface area contributed by atoms with Crippen LogP contribution in [0.4, 0.5) is 10.1 Å². The minimum absolute atomic E-state index is 0.102. The standard InChI is InChI=1S/C19H18FN5O2/c1-3-13-4-6-14(7-5-13)19-22-24-25(23-19)11-18(27)16-9-8-15(10-17(16)20)21-12(2)26/h4-10H,3,11H2,1-2H3,(H,21,26). The normalized spacial score (nSPS) is 10.6. The first-order chi connectivity index (χ1) is 13.0. The van der Waals surface area contributed by atoms with Gasteiger partial charge in [0.25, 0.3) is 0 Å². The Bertz CT molecular complexity index is 982. The Kier molecular flexibility index (Phi) is 5.35. The van der Waals surface area contributed by atoms with Gasteiger partial charge in [0.2, 0.25) is 11.7 Å². The van der Waals surface area contributed by atoms with Crippen molar-refractivity contribution in [3.8, 4) is 11.4 Å². The second kappa shape index (κ2) is 7.86. The highest BCUT2D eigenvalue weighted by atomic mass is 19.1. The van der Waals surface area contributed by atoms with Crippen molar-refractivity contribution in [2.75, 3.05) is 5.32 Å². The maximum absolute atomic E-state index is 14.2. The van der Waals surface area contributed by atoms with E-state index in [1.54, 1.807) is 0 Å². The first-order valence-electron chi connectivity index (χ1n) is 8.43. The fraction of sp³-hybridized carbons (Fsp3) is 0.211. The van der Waals surface area contributed by atoms with Gasteiger partial charge < -0.3 is 5.32 Å². The van der Waals surface area contributed by atoms with Crippen molar-refractivity contribution in [1.29, 1.82) is 0 Å². The maximum atomic E-state index is 14.2. The van der Waals surface area contributed by atoms with Crippen molar-refractivity contribution >= 4 is 17.4 Å². The van der Waals surface area contributed by atoms with E-state index in [-0.39, 0.29) is 23.7 Å². The van der Waals surface area contributed by atoms with Gasteiger partial charge in [0.1, 0.15) is 12.4 Å². The zero-order valence-electron chi connectivity index (χ0n) is 14.9. The number of anilines is 1. The molecule has 1 amide bonds. The van der Waals surface area contributed by atoms with Crippen LogP contribution in [0.5, 0.6) is 0 Å². The highest BCUT2D eigenvalue weighted by molar-refractivity contribution is 5.97. The van der Waals surface area contributed by atoms with E-state index >= 15 is 0 Å². The lowest BCUT2D eigenvalue weighted by Crippen LogP contribution is -2.15. The Labute approximate surface area is 155 Å². The van der Waals surface area contributed by atoms with Crippen molar-refractivity contribution in [2.45, 2.75) is 26.8 Å². The summed E-state index contributed by atoms with van der Waals surface area (Å²) in [7, 11) is 0. The summed E-state index contributed by atoms with van der Waals surface area (Å²) < 4.78 is 14.2. The quantitative estimate of drug-likeness (QED) is 0.677. The van der Waals surface area contributed by atoms with Crippen molar-refractivity contribution in [2.24, 2.45) is 0 Å². The molecular formula is C19H18FN5O2. The third kappa shape index (κ3) is 4.41. The maximum Gasteiger partial charge on any atom is 0.221 e. The molecule has 0 aliphatic carbocycles. The van der Waals surface area contributed by atoms with E-state index < -0.39 is 11.6 Å². The average molecular weight is 367 g/mol. The predicted octanol–water partition coefficient (Wildman–Crippen LogP) is 2.88. The molecule has 0 bridgehead atoms. The van der Waals surface area contributed by atoms with E-state index in [4.69, 9.17) is 0 Å². The van der Waals surface area contributed by atoms with E-state index in [1.165, 1.54) is 24.6 Å². The molecule has 138 valence electrons. The van der Waals surface area contributed by atoms with Gasteiger partial charge in [-0.1, -0.05) is 31.2 Å². The minimum atomic E-state index is -0.721. The van der Waals surface area contributed by atoms with Gasteiger partial charge in [-0.15, -0.1) is 10.2 Å². The summed E-state index contributed by atoms with van der Waals surface area (Å²) in [6, 6.07) is 11.6.